The van der Waals surface area contributed by atoms with Crippen molar-refractivity contribution in [1.29, 1.82) is 0 Å². The van der Waals surface area contributed by atoms with E-state index in [0.29, 0.717) is 29.6 Å². The van der Waals surface area contributed by atoms with E-state index in [1.54, 1.807) is 10.6 Å². The Morgan fingerprint density at radius 1 is 1.28 bits per heavy atom. The van der Waals surface area contributed by atoms with Gasteiger partial charge in [-0.25, -0.2) is 14.2 Å². The molecule has 0 aliphatic carbocycles. The van der Waals surface area contributed by atoms with Crippen molar-refractivity contribution in [3.63, 3.8) is 0 Å². The summed E-state index contributed by atoms with van der Waals surface area (Å²) in [5.74, 6) is -0.287. The summed E-state index contributed by atoms with van der Waals surface area (Å²) in [7, 11) is 0. The van der Waals surface area contributed by atoms with Gasteiger partial charge in [-0.1, -0.05) is 0 Å². The van der Waals surface area contributed by atoms with E-state index >= 15 is 0 Å². The summed E-state index contributed by atoms with van der Waals surface area (Å²) in [6.45, 7) is 7.60. The molecule has 7 nitrogen and oxygen atoms in total. The summed E-state index contributed by atoms with van der Waals surface area (Å²) in [6.07, 6.45) is 3.05. The van der Waals surface area contributed by atoms with Gasteiger partial charge >= 0.3 is 6.09 Å². The van der Waals surface area contributed by atoms with Crippen LogP contribution in [0.25, 0.3) is 11.0 Å². The summed E-state index contributed by atoms with van der Waals surface area (Å²) in [4.78, 5) is 30.8. The zero-order valence-electron chi connectivity index (χ0n) is 17.1. The molecule has 3 heterocycles. The van der Waals surface area contributed by atoms with Crippen LogP contribution in [0.15, 0.2) is 23.1 Å². The van der Waals surface area contributed by atoms with Crippen LogP contribution in [0.1, 0.15) is 39.2 Å². The Hall–Kier alpha value is -2.48. The molecule has 0 saturated carbocycles. The summed E-state index contributed by atoms with van der Waals surface area (Å²) in [5, 5.41) is 2.94. The Morgan fingerprint density at radius 2 is 2.00 bits per heavy atom. The number of alkyl carbamates (subject to hydrolysis) is 1. The number of hydrogen-bond donors (Lipinski definition) is 1. The molecule has 2 aliphatic rings. The molecule has 1 saturated heterocycles. The van der Waals surface area contributed by atoms with E-state index in [1.807, 2.05) is 20.8 Å². The van der Waals surface area contributed by atoms with Gasteiger partial charge in [0.1, 0.15) is 11.4 Å². The van der Waals surface area contributed by atoms with Crippen molar-refractivity contribution in [2.75, 3.05) is 13.1 Å². The quantitative estimate of drug-likeness (QED) is 0.835. The molecule has 2 aromatic rings. The molecule has 1 fully saturated rings. The first-order valence-corrected chi connectivity index (χ1v) is 10.1. The molecule has 1 aromatic heterocycles. The van der Waals surface area contributed by atoms with Gasteiger partial charge in [-0.3, -0.25) is 9.69 Å². The van der Waals surface area contributed by atoms with E-state index in [4.69, 9.17) is 4.74 Å². The molecule has 0 bridgehead atoms. The van der Waals surface area contributed by atoms with E-state index in [2.05, 4.69) is 15.2 Å². The number of ether oxygens (including phenoxy) is 1. The fourth-order valence-electron chi connectivity index (χ4n) is 4.32. The van der Waals surface area contributed by atoms with Gasteiger partial charge in [0, 0.05) is 37.3 Å². The number of nitrogens with one attached hydrogen (secondary N) is 1. The second kappa shape index (κ2) is 7.40. The van der Waals surface area contributed by atoms with E-state index in [9.17, 15) is 14.0 Å². The number of halogens is 1. The number of carbonyl (C=O) groups excluding carboxylic acids is 1. The number of benzene rings is 1. The highest BCUT2D eigenvalue weighted by atomic mass is 19.1. The number of piperidine rings is 1. The van der Waals surface area contributed by atoms with Crippen molar-refractivity contribution in [3.8, 4) is 0 Å². The largest absolute Gasteiger partial charge is 0.444 e. The minimum absolute atomic E-state index is 0.0465. The molecule has 4 rings (SSSR count). The summed E-state index contributed by atoms with van der Waals surface area (Å²) < 4.78 is 21.5. The van der Waals surface area contributed by atoms with Gasteiger partial charge in [-0.15, -0.1) is 0 Å². The lowest BCUT2D eigenvalue weighted by Crippen LogP contribution is -2.51. The van der Waals surface area contributed by atoms with Gasteiger partial charge in [0.15, 0.2) is 0 Å². The molecule has 1 atom stereocenters. The fourth-order valence-corrected chi connectivity index (χ4v) is 4.32. The SMILES string of the molecule is CC(C)(C)OC(=O)NC1CCN(C2Cc3c(F)ccc4ncc(=O)n(c34)C2)CC1. The van der Waals surface area contributed by atoms with E-state index in [1.165, 1.54) is 12.3 Å². The highest BCUT2D eigenvalue weighted by Crippen LogP contribution is 2.28. The number of amides is 1. The molecule has 1 N–H and O–H groups in total. The van der Waals surface area contributed by atoms with Gasteiger partial charge in [0.2, 0.25) is 0 Å². The van der Waals surface area contributed by atoms with Crippen molar-refractivity contribution in [3.05, 3.63) is 40.1 Å². The van der Waals surface area contributed by atoms with Crippen LogP contribution in [0.3, 0.4) is 0 Å². The lowest BCUT2D eigenvalue weighted by molar-refractivity contribution is 0.0463. The average Bonchev–Trinajstić information content (AvgIpc) is 2.65. The first-order valence-electron chi connectivity index (χ1n) is 10.1. The maximum Gasteiger partial charge on any atom is 0.407 e. The Kier molecular flexibility index (Phi) is 5.06. The van der Waals surface area contributed by atoms with Crippen molar-refractivity contribution in [2.45, 2.75) is 64.3 Å². The van der Waals surface area contributed by atoms with E-state index in [-0.39, 0.29) is 23.5 Å². The predicted molar refractivity (Wildman–Crippen MR) is 107 cm³/mol. The molecule has 8 heteroatoms. The summed E-state index contributed by atoms with van der Waals surface area (Å²) >= 11 is 0. The van der Waals surface area contributed by atoms with Gasteiger partial charge in [-0.2, -0.15) is 0 Å². The fraction of sp³-hybridized carbons (Fsp3) is 0.571. The number of nitrogens with zero attached hydrogens (tertiary/aromatic N) is 3. The van der Waals surface area contributed by atoms with Crippen LogP contribution in [0, 0.1) is 5.82 Å². The molecule has 0 radical (unpaired) electrons. The zero-order chi connectivity index (χ0) is 20.8. The zero-order valence-corrected chi connectivity index (χ0v) is 17.1. The standard InChI is InChI=1S/C21H27FN4O3/c1-21(2,3)29-20(28)24-13-6-8-25(9-7-13)14-10-15-16(22)4-5-17-19(15)26(12-14)18(27)11-23-17/h4-5,11,13-14H,6-10,12H2,1-3H3,(H,24,28). The average molecular weight is 402 g/mol. The third-order valence-electron chi connectivity index (χ3n) is 5.65. The highest BCUT2D eigenvalue weighted by Gasteiger charge is 2.32. The molecule has 1 amide bonds. The third kappa shape index (κ3) is 4.12. The van der Waals surface area contributed by atoms with Gasteiger partial charge < -0.3 is 14.6 Å². The van der Waals surface area contributed by atoms with Crippen LogP contribution in [0.2, 0.25) is 0 Å². The Balaban J connectivity index is 1.44. The first-order chi connectivity index (χ1) is 13.7. The lowest BCUT2D eigenvalue weighted by atomic mass is 9.95. The topological polar surface area (TPSA) is 76.5 Å². The summed E-state index contributed by atoms with van der Waals surface area (Å²) in [5.41, 5.74) is 1.12. The Bertz CT molecular complexity index is 990. The molecule has 156 valence electrons. The van der Waals surface area contributed by atoms with Gasteiger partial charge in [0.25, 0.3) is 5.56 Å². The van der Waals surface area contributed by atoms with E-state index < -0.39 is 11.7 Å². The van der Waals surface area contributed by atoms with Crippen molar-refractivity contribution >= 4 is 17.1 Å². The predicted octanol–water partition coefficient (Wildman–Crippen LogP) is 2.45. The van der Waals surface area contributed by atoms with Crippen LogP contribution in [-0.4, -0.2) is 51.3 Å². The van der Waals surface area contributed by atoms with E-state index in [0.717, 1.165) is 25.9 Å². The van der Waals surface area contributed by atoms with Crippen molar-refractivity contribution in [1.82, 2.24) is 19.8 Å². The van der Waals surface area contributed by atoms with Gasteiger partial charge in [0.05, 0.1) is 17.2 Å². The molecule has 29 heavy (non-hydrogen) atoms. The second-order valence-corrected chi connectivity index (χ2v) is 8.92. The monoisotopic (exact) mass is 402 g/mol. The number of hydrogen-bond acceptors (Lipinski definition) is 5. The van der Waals surface area contributed by atoms with Crippen molar-refractivity contribution in [2.24, 2.45) is 0 Å². The summed E-state index contributed by atoms with van der Waals surface area (Å²) in [6, 6.07) is 3.16. The maximum absolute atomic E-state index is 14.5. The first kappa shape index (κ1) is 19.8. The molecular weight excluding hydrogens is 375 g/mol. The minimum atomic E-state index is -0.520. The maximum atomic E-state index is 14.5. The number of carbonyl (C=O) groups is 1. The van der Waals surface area contributed by atoms with Crippen LogP contribution >= 0.6 is 0 Å². The molecule has 1 aromatic carbocycles. The lowest BCUT2D eigenvalue weighted by Gasteiger charge is -2.40. The second-order valence-electron chi connectivity index (χ2n) is 8.92. The molecule has 2 aliphatic heterocycles. The molecule has 1 unspecified atom stereocenters. The van der Waals surface area contributed by atoms with Crippen molar-refractivity contribution < 1.29 is 13.9 Å². The molecule has 0 spiro atoms. The smallest absolute Gasteiger partial charge is 0.407 e. The Labute approximate surface area is 168 Å². The van der Waals surface area contributed by atoms with Crippen LogP contribution in [0.4, 0.5) is 9.18 Å². The van der Waals surface area contributed by atoms with Crippen LogP contribution < -0.4 is 10.9 Å². The normalized spacial score (nSPS) is 20.6. The number of likely N-dealkylation sites (tertiary alicyclic amines) is 1. The number of aromatic nitrogens is 2. The highest BCUT2D eigenvalue weighted by molar-refractivity contribution is 5.79. The number of rotatable bonds is 2. The Morgan fingerprint density at radius 3 is 2.69 bits per heavy atom. The molecular formula is C21H27FN4O3. The van der Waals surface area contributed by atoms with Crippen LogP contribution in [0.5, 0.6) is 0 Å². The van der Waals surface area contributed by atoms with Gasteiger partial charge in [-0.05, 0) is 52.2 Å². The minimum Gasteiger partial charge on any atom is -0.444 e. The third-order valence-corrected chi connectivity index (χ3v) is 5.65. The van der Waals surface area contributed by atoms with Crippen LogP contribution in [-0.2, 0) is 17.7 Å².